The Morgan fingerprint density at radius 1 is 1.11 bits per heavy atom. The summed E-state index contributed by atoms with van der Waals surface area (Å²) in [5.41, 5.74) is 6.12. The number of ether oxygens (including phenoxy) is 2. The molecule has 5 heterocycles. The summed E-state index contributed by atoms with van der Waals surface area (Å²) < 4.78 is 28.9. The van der Waals surface area contributed by atoms with Crippen molar-refractivity contribution in [2.45, 2.75) is 46.1 Å². The van der Waals surface area contributed by atoms with Crippen LogP contribution in [0.25, 0.3) is 16.8 Å². The molecule has 35 heavy (non-hydrogen) atoms. The van der Waals surface area contributed by atoms with E-state index in [4.69, 9.17) is 14.5 Å². The van der Waals surface area contributed by atoms with Gasteiger partial charge in [-0.1, -0.05) is 19.9 Å². The van der Waals surface area contributed by atoms with Gasteiger partial charge in [-0.25, -0.2) is 4.39 Å². The molecule has 0 amide bonds. The Morgan fingerprint density at radius 2 is 1.94 bits per heavy atom. The van der Waals surface area contributed by atoms with Gasteiger partial charge in [-0.05, 0) is 49.9 Å². The molecule has 3 aromatic heterocycles. The molecule has 0 saturated heterocycles. The highest BCUT2D eigenvalue weighted by molar-refractivity contribution is 5.83. The normalized spacial score (nSPS) is 16.5. The van der Waals surface area contributed by atoms with Crippen LogP contribution in [0.2, 0.25) is 0 Å². The first-order valence-electron chi connectivity index (χ1n) is 12.1. The lowest BCUT2D eigenvalue weighted by Crippen LogP contribution is -2.13. The van der Waals surface area contributed by atoms with Crippen molar-refractivity contribution in [3.05, 3.63) is 65.0 Å². The number of pyridine rings is 2. The minimum Gasteiger partial charge on any atom is -0.493 e. The summed E-state index contributed by atoms with van der Waals surface area (Å²) >= 11 is 0. The first-order chi connectivity index (χ1) is 17.0. The third-order valence-electron chi connectivity index (χ3n) is 6.93. The molecule has 0 fully saturated rings. The van der Waals surface area contributed by atoms with E-state index in [-0.39, 0.29) is 11.7 Å². The zero-order valence-corrected chi connectivity index (χ0v) is 20.1. The van der Waals surface area contributed by atoms with Crippen molar-refractivity contribution in [2.75, 3.05) is 18.5 Å². The molecule has 4 aromatic rings. The first kappa shape index (κ1) is 21.8. The number of rotatable bonds is 4. The molecule has 0 bridgehead atoms. The van der Waals surface area contributed by atoms with Crippen LogP contribution in [0.3, 0.4) is 0 Å². The van der Waals surface area contributed by atoms with Crippen LogP contribution < -0.4 is 14.8 Å². The van der Waals surface area contributed by atoms with Crippen LogP contribution in [0.15, 0.2) is 36.7 Å². The smallest absolute Gasteiger partial charge is 0.170 e. The van der Waals surface area contributed by atoms with Crippen LogP contribution in [0.1, 0.15) is 48.7 Å². The Labute approximate surface area is 203 Å². The third-order valence-corrected chi connectivity index (χ3v) is 6.93. The standard InChI is InChI=1S/C27H28FN5O2/c1-15(2)4-5-18-6-7-19(16(3)31-18)20-10-24-27(33-14-30-32-26(20)33)29-11-21-22(28)8-9-23-25(21)17(12-34-23)13-35-24/h6-10,14-15,17,29H,4-5,11-13H2,1-3H3. The number of fused-ring (bicyclic) bond motifs is 3. The fraction of sp³-hybridized carbons (Fsp3) is 0.370. The predicted octanol–water partition coefficient (Wildman–Crippen LogP) is 5.31. The third kappa shape index (κ3) is 3.77. The Kier molecular flexibility index (Phi) is 5.31. The first-order valence-corrected chi connectivity index (χ1v) is 12.1. The van der Waals surface area contributed by atoms with Gasteiger partial charge in [-0.15, -0.1) is 10.2 Å². The molecule has 0 saturated carbocycles. The second kappa shape index (κ2) is 8.52. The molecule has 0 radical (unpaired) electrons. The SMILES string of the molecule is Cc1nc(CCC(C)C)ccc1-c1cc2c(n3cnnc13)NCc1c(F)ccc3c1C(CO3)CO2. The van der Waals surface area contributed by atoms with Crippen molar-refractivity contribution in [1.29, 1.82) is 0 Å². The minimum atomic E-state index is -0.244. The maximum absolute atomic E-state index is 14.8. The summed E-state index contributed by atoms with van der Waals surface area (Å²) in [6.07, 6.45) is 3.72. The topological polar surface area (TPSA) is 73.6 Å². The lowest BCUT2D eigenvalue weighted by molar-refractivity contribution is 0.249. The largest absolute Gasteiger partial charge is 0.493 e. The van der Waals surface area contributed by atoms with Crippen LogP contribution >= 0.6 is 0 Å². The maximum atomic E-state index is 14.8. The van der Waals surface area contributed by atoms with E-state index in [1.54, 1.807) is 12.4 Å². The Balaban J connectivity index is 1.42. The molecule has 6 rings (SSSR count). The molecule has 8 heteroatoms. The quantitative estimate of drug-likeness (QED) is 0.433. The van der Waals surface area contributed by atoms with E-state index in [0.717, 1.165) is 46.7 Å². The van der Waals surface area contributed by atoms with Crippen LogP contribution in [-0.2, 0) is 13.0 Å². The van der Waals surface area contributed by atoms with E-state index in [1.807, 2.05) is 17.4 Å². The number of aromatic nitrogens is 4. The van der Waals surface area contributed by atoms with Gasteiger partial charge in [0, 0.05) is 40.2 Å². The molecule has 1 aromatic carbocycles. The van der Waals surface area contributed by atoms with Crippen LogP contribution in [0, 0.1) is 18.7 Å². The van der Waals surface area contributed by atoms with Gasteiger partial charge in [0.2, 0.25) is 0 Å². The van der Waals surface area contributed by atoms with E-state index in [2.05, 4.69) is 41.5 Å². The molecular formula is C27H28FN5O2. The van der Waals surface area contributed by atoms with E-state index in [1.165, 1.54) is 6.07 Å². The minimum absolute atomic E-state index is 0.0350. The summed E-state index contributed by atoms with van der Waals surface area (Å²) in [4.78, 5) is 4.87. The number of nitrogens with one attached hydrogen (secondary N) is 1. The average Bonchev–Trinajstić information content (AvgIpc) is 3.49. The zero-order valence-electron chi connectivity index (χ0n) is 20.1. The Bertz CT molecular complexity index is 1430. The summed E-state index contributed by atoms with van der Waals surface area (Å²) in [6, 6.07) is 9.37. The van der Waals surface area contributed by atoms with Crippen LogP contribution in [0.5, 0.6) is 11.5 Å². The molecule has 0 spiro atoms. The van der Waals surface area contributed by atoms with Gasteiger partial charge in [0.25, 0.3) is 0 Å². The molecule has 2 aliphatic rings. The Morgan fingerprint density at radius 3 is 2.74 bits per heavy atom. The lowest BCUT2D eigenvalue weighted by atomic mass is 9.96. The van der Waals surface area contributed by atoms with Gasteiger partial charge in [0.1, 0.15) is 17.9 Å². The molecule has 2 aliphatic heterocycles. The van der Waals surface area contributed by atoms with Crippen molar-refractivity contribution in [3.63, 3.8) is 0 Å². The second-order valence-electron chi connectivity index (χ2n) is 9.77. The van der Waals surface area contributed by atoms with Crippen molar-refractivity contribution in [2.24, 2.45) is 5.92 Å². The molecule has 7 nitrogen and oxygen atoms in total. The number of halogens is 1. The lowest BCUT2D eigenvalue weighted by Gasteiger charge is -2.17. The average molecular weight is 474 g/mol. The summed E-state index contributed by atoms with van der Waals surface area (Å²) in [5.74, 6) is 2.45. The van der Waals surface area contributed by atoms with Gasteiger partial charge in [0.05, 0.1) is 19.1 Å². The van der Waals surface area contributed by atoms with Crippen molar-refractivity contribution >= 4 is 11.5 Å². The Hall–Kier alpha value is -3.68. The van der Waals surface area contributed by atoms with Crippen molar-refractivity contribution in [1.82, 2.24) is 19.6 Å². The van der Waals surface area contributed by atoms with Gasteiger partial charge >= 0.3 is 0 Å². The molecule has 180 valence electrons. The van der Waals surface area contributed by atoms with Crippen LogP contribution in [-0.4, -0.2) is 32.8 Å². The fourth-order valence-electron chi connectivity index (χ4n) is 5.06. The number of hydrogen-bond donors (Lipinski definition) is 1. The van der Waals surface area contributed by atoms with Gasteiger partial charge in [0.15, 0.2) is 17.2 Å². The highest BCUT2D eigenvalue weighted by atomic mass is 19.1. The van der Waals surface area contributed by atoms with Crippen LogP contribution in [0.4, 0.5) is 10.2 Å². The van der Waals surface area contributed by atoms with Gasteiger partial charge in [-0.3, -0.25) is 9.38 Å². The number of nitrogens with zero attached hydrogens (tertiary/aromatic N) is 4. The monoisotopic (exact) mass is 473 g/mol. The summed E-state index contributed by atoms with van der Waals surface area (Å²) in [5, 5.41) is 12.0. The van der Waals surface area contributed by atoms with E-state index >= 15 is 0 Å². The number of benzene rings is 1. The highest BCUT2D eigenvalue weighted by Gasteiger charge is 2.31. The molecule has 1 atom stereocenters. The molecule has 0 aliphatic carbocycles. The zero-order chi connectivity index (χ0) is 24.1. The van der Waals surface area contributed by atoms with E-state index < -0.39 is 0 Å². The summed E-state index contributed by atoms with van der Waals surface area (Å²) in [7, 11) is 0. The number of anilines is 1. The fourth-order valence-corrected chi connectivity index (χ4v) is 5.06. The van der Waals surface area contributed by atoms with E-state index in [9.17, 15) is 4.39 Å². The number of hydrogen-bond acceptors (Lipinski definition) is 6. The predicted molar refractivity (Wildman–Crippen MR) is 132 cm³/mol. The maximum Gasteiger partial charge on any atom is 0.170 e. The van der Waals surface area contributed by atoms with Gasteiger partial charge in [-0.2, -0.15) is 0 Å². The van der Waals surface area contributed by atoms with E-state index in [0.29, 0.717) is 48.5 Å². The van der Waals surface area contributed by atoms with Gasteiger partial charge < -0.3 is 14.8 Å². The summed E-state index contributed by atoms with van der Waals surface area (Å²) in [6.45, 7) is 7.65. The molecule has 1 unspecified atom stereocenters. The van der Waals surface area contributed by atoms with Crippen molar-refractivity contribution < 1.29 is 13.9 Å². The van der Waals surface area contributed by atoms with Crippen molar-refractivity contribution in [3.8, 4) is 22.6 Å². The molecular weight excluding hydrogens is 445 g/mol. The second-order valence-corrected chi connectivity index (χ2v) is 9.77. The number of aryl methyl sites for hydroxylation is 2. The highest BCUT2D eigenvalue weighted by Crippen LogP contribution is 2.42. The molecule has 1 N–H and O–H groups in total.